The van der Waals surface area contributed by atoms with Crippen molar-refractivity contribution in [3.8, 4) is 23.0 Å². The molecule has 2 aromatic rings. The summed E-state index contributed by atoms with van der Waals surface area (Å²) in [5, 5.41) is 2.35. The van der Waals surface area contributed by atoms with Crippen molar-refractivity contribution in [1.29, 1.82) is 0 Å². The lowest BCUT2D eigenvalue weighted by molar-refractivity contribution is -0.119. The molecule has 2 aromatic carbocycles. The van der Waals surface area contributed by atoms with Crippen LogP contribution in [0.15, 0.2) is 36.4 Å². The quantitative estimate of drug-likeness (QED) is 0.784. The highest BCUT2D eigenvalue weighted by atomic mass is 16.5. The van der Waals surface area contributed by atoms with Gasteiger partial charge in [-0.05, 0) is 17.7 Å². The number of nitrogens with zero attached hydrogens (tertiary/aromatic N) is 1. The minimum absolute atomic E-state index is 0.382. The van der Waals surface area contributed by atoms with Gasteiger partial charge in [-0.3, -0.25) is 15.0 Å². The molecular weight excluding hydrogens is 352 g/mol. The second-order valence-electron chi connectivity index (χ2n) is 5.72. The Kier molecular flexibility index (Phi) is 5.07. The summed E-state index contributed by atoms with van der Waals surface area (Å²) >= 11 is 0. The number of imide groups is 1. The van der Waals surface area contributed by atoms with Gasteiger partial charge in [-0.1, -0.05) is 12.1 Å². The monoisotopic (exact) mass is 372 g/mol. The molecule has 1 heterocycles. The van der Waals surface area contributed by atoms with Crippen molar-refractivity contribution in [2.75, 3.05) is 33.3 Å². The van der Waals surface area contributed by atoms with Gasteiger partial charge in [0, 0.05) is 12.1 Å². The van der Waals surface area contributed by atoms with Gasteiger partial charge >= 0.3 is 6.03 Å². The smallest absolute Gasteiger partial charge is 0.329 e. The Labute approximate surface area is 156 Å². The normalized spacial score (nSPS) is 16.1. The molecule has 142 valence electrons. The Balaban J connectivity index is 2.09. The first-order chi connectivity index (χ1) is 13.0. The number of nitrogens with one attached hydrogen (secondary N) is 1. The number of hydrogen-bond acceptors (Lipinski definition) is 6. The molecular formula is C19H20N2O6. The van der Waals surface area contributed by atoms with E-state index in [1.165, 1.54) is 26.2 Å². The Morgan fingerprint density at radius 2 is 1.44 bits per heavy atom. The molecule has 8 heteroatoms. The van der Waals surface area contributed by atoms with Crippen LogP contribution in [0.2, 0.25) is 0 Å². The number of rotatable bonds is 6. The molecule has 1 fully saturated rings. The van der Waals surface area contributed by atoms with E-state index < -0.39 is 18.0 Å². The number of anilines is 1. The molecule has 1 unspecified atom stereocenters. The molecule has 27 heavy (non-hydrogen) atoms. The second-order valence-corrected chi connectivity index (χ2v) is 5.72. The third kappa shape index (κ3) is 3.21. The van der Waals surface area contributed by atoms with Crippen molar-refractivity contribution in [3.63, 3.8) is 0 Å². The van der Waals surface area contributed by atoms with E-state index in [9.17, 15) is 9.59 Å². The lowest BCUT2D eigenvalue weighted by Crippen LogP contribution is -2.29. The fourth-order valence-corrected chi connectivity index (χ4v) is 3.03. The maximum atomic E-state index is 12.5. The molecule has 0 bridgehead atoms. The Hall–Kier alpha value is -3.42. The zero-order chi connectivity index (χ0) is 19.6. The van der Waals surface area contributed by atoms with Gasteiger partial charge in [0.2, 0.25) is 5.75 Å². The number of ether oxygens (including phenoxy) is 4. The van der Waals surface area contributed by atoms with Crippen molar-refractivity contribution in [3.05, 3.63) is 42.0 Å². The van der Waals surface area contributed by atoms with Crippen LogP contribution in [0.4, 0.5) is 10.5 Å². The van der Waals surface area contributed by atoms with Crippen LogP contribution in [0.25, 0.3) is 0 Å². The molecule has 3 amide bonds. The molecule has 0 aromatic heterocycles. The summed E-state index contributed by atoms with van der Waals surface area (Å²) in [7, 11) is 6.02. The Bertz CT molecular complexity index is 840. The van der Waals surface area contributed by atoms with Crippen LogP contribution in [0.3, 0.4) is 0 Å². The number of methoxy groups -OCH3 is 4. The maximum absolute atomic E-state index is 12.5. The third-order valence-electron chi connectivity index (χ3n) is 4.31. The summed E-state index contributed by atoms with van der Waals surface area (Å²) in [6.45, 7) is 0. The molecule has 1 atom stereocenters. The van der Waals surface area contributed by atoms with E-state index in [0.29, 0.717) is 34.2 Å². The molecule has 0 spiro atoms. The lowest BCUT2D eigenvalue weighted by atomic mass is 10.0. The fourth-order valence-electron chi connectivity index (χ4n) is 3.03. The molecule has 1 N–H and O–H groups in total. The summed E-state index contributed by atoms with van der Waals surface area (Å²) in [6.07, 6.45) is 0. The Morgan fingerprint density at radius 3 is 1.93 bits per heavy atom. The topological polar surface area (TPSA) is 86.3 Å². The number of amides is 3. The van der Waals surface area contributed by atoms with E-state index in [0.717, 1.165) is 0 Å². The van der Waals surface area contributed by atoms with E-state index in [2.05, 4.69) is 5.32 Å². The van der Waals surface area contributed by atoms with Crippen molar-refractivity contribution in [1.82, 2.24) is 5.32 Å². The number of hydrogen-bond donors (Lipinski definition) is 1. The number of carbonyl (C=O) groups is 2. The largest absolute Gasteiger partial charge is 0.497 e. The molecule has 8 nitrogen and oxygen atoms in total. The Morgan fingerprint density at radius 1 is 0.852 bits per heavy atom. The highest BCUT2D eigenvalue weighted by Crippen LogP contribution is 2.43. The van der Waals surface area contributed by atoms with Crippen molar-refractivity contribution in [2.45, 2.75) is 6.04 Å². The van der Waals surface area contributed by atoms with Crippen molar-refractivity contribution >= 4 is 17.6 Å². The minimum Gasteiger partial charge on any atom is -0.497 e. The van der Waals surface area contributed by atoms with Gasteiger partial charge in [0.25, 0.3) is 5.91 Å². The maximum Gasteiger partial charge on any atom is 0.329 e. The SMILES string of the molecule is COc1ccc(C2C(=O)NC(=O)N2c2cc(OC)c(OC)c(OC)c2)cc1. The van der Waals surface area contributed by atoms with Crippen LogP contribution in [0, 0.1) is 0 Å². The van der Waals surface area contributed by atoms with Crippen molar-refractivity contribution < 1.29 is 28.5 Å². The van der Waals surface area contributed by atoms with Gasteiger partial charge in [0.15, 0.2) is 11.5 Å². The summed E-state index contributed by atoms with van der Waals surface area (Å²) < 4.78 is 21.2. The van der Waals surface area contributed by atoms with Crippen LogP contribution in [0.5, 0.6) is 23.0 Å². The van der Waals surface area contributed by atoms with Gasteiger partial charge in [-0.2, -0.15) is 0 Å². The van der Waals surface area contributed by atoms with Crippen LogP contribution >= 0.6 is 0 Å². The molecule has 0 saturated carbocycles. The first-order valence-corrected chi connectivity index (χ1v) is 8.12. The van der Waals surface area contributed by atoms with Gasteiger partial charge in [0.1, 0.15) is 11.8 Å². The molecule has 1 saturated heterocycles. The van der Waals surface area contributed by atoms with Gasteiger partial charge in [-0.25, -0.2) is 4.79 Å². The third-order valence-corrected chi connectivity index (χ3v) is 4.31. The van der Waals surface area contributed by atoms with Crippen molar-refractivity contribution in [2.24, 2.45) is 0 Å². The van der Waals surface area contributed by atoms with E-state index in [1.807, 2.05) is 0 Å². The average molecular weight is 372 g/mol. The van der Waals surface area contributed by atoms with Gasteiger partial charge in [-0.15, -0.1) is 0 Å². The first-order valence-electron chi connectivity index (χ1n) is 8.12. The molecule has 3 rings (SSSR count). The van der Waals surface area contributed by atoms with Gasteiger partial charge in [0.05, 0.1) is 34.1 Å². The highest BCUT2D eigenvalue weighted by molar-refractivity contribution is 6.14. The predicted octanol–water partition coefficient (Wildman–Crippen LogP) is 2.52. The summed E-state index contributed by atoms with van der Waals surface area (Å²) in [5.41, 5.74) is 1.08. The average Bonchev–Trinajstić information content (AvgIpc) is 3.00. The van der Waals surface area contributed by atoms with E-state index in [-0.39, 0.29) is 0 Å². The van der Waals surface area contributed by atoms with Crippen LogP contribution in [-0.4, -0.2) is 40.4 Å². The summed E-state index contributed by atoms with van der Waals surface area (Å²) in [6, 6.07) is 8.84. The highest BCUT2D eigenvalue weighted by Gasteiger charge is 2.41. The van der Waals surface area contributed by atoms with E-state index in [4.69, 9.17) is 18.9 Å². The fraction of sp³-hybridized carbons (Fsp3) is 0.263. The minimum atomic E-state index is -0.828. The standard InChI is InChI=1S/C19H20N2O6/c1-24-13-7-5-11(6-8-13)16-18(22)20-19(23)21(16)12-9-14(25-2)17(27-4)15(10-12)26-3/h5-10,16H,1-4H3,(H,20,22,23). The second kappa shape index (κ2) is 7.45. The van der Waals surface area contributed by atoms with Crippen LogP contribution < -0.4 is 29.2 Å². The molecule has 0 radical (unpaired) electrons. The number of urea groups is 1. The molecule has 0 aliphatic carbocycles. The van der Waals surface area contributed by atoms with Gasteiger partial charge < -0.3 is 18.9 Å². The zero-order valence-corrected chi connectivity index (χ0v) is 15.4. The first kappa shape index (κ1) is 18.4. The van der Waals surface area contributed by atoms with Crippen LogP contribution in [0.1, 0.15) is 11.6 Å². The number of benzene rings is 2. The predicted molar refractivity (Wildman–Crippen MR) is 97.9 cm³/mol. The number of carbonyl (C=O) groups excluding carboxylic acids is 2. The molecule has 1 aliphatic rings. The summed E-state index contributed by atoms with van der Waals surface area (Å²) in [5.74, 6) is 1.40. The van der Waals surface area contributed by atoms with E-state index in [1.54, 1.807) is 43.5 Å². The van der Waals surface area contributed by atoms with Crippen LogP contribution in [-0.2, 0) is 4.79 Å². The zero-order valence-electron chi connectivity index (χ0n) is 15.4. The lowest BCUT2D eigenvalue weighted by Gasteiger charge is -2.24. The van der Waals surface area contributed by atoms with E-state index >= 15 is 0 Å². The summed E-state index contributed by atoms with van der Waals surface area (Å²) in [4.78, 5) is 26.3. The molecule has 1 aliphatic heterocycles.